The molecule has 0 aromatic heterocycles. The van der Waals surface area contributed by atoms with E-state index in [0.29, 0.717) is 11.3 Å². The van der Waals surface area contributed by atoms with Crippen LogP contribution in [0.3, 0.4) is 0 Å². The smallest absolute Gasteiger partial charge is 0.0441 e. The molecule has 0 spiro atoms. The molecule has 2 rings (SSSR count). The van der Waals surface area contributed by atoms with Crippen molar-refractivity contribution in [3.8, 4) is 0 Å². The summed E-state index contributed by atoms with van der Waals surface area (Å²) in [5.41, 5.74) is 1.71. The molecule has 1 saturated heterocycles. The Morgan fingerprint density at radius 2 is 2.18 bits per heavy atom. The van der Waals surface area contributed by atoms with Crippen molar-refractivity contribution >= 4 is 11.6 Å². The highest BCUT2D eigenvalue weighted by molar-refractivity contribution is 6.31. The Labute approximate surface area is 110 Å². The van der Waals surface area contributed by atoms with Gasteiger partial charge in [0, 0.05) is 17.5 Å². The lowest BCUT2D eigenvalue weighted by atomic mass is 9.67. The van der Waals surface area contributed by atoms with Crippen LogP contribution in [0.4, 0.5) is 0 Å². The lowest BCUT2D eigenvalue weighted by Crippen LogP contribution is -2.42. The van der Waals surface area contributed by atoms with Crippen LogP contribution in [0.5, 0.6) is 0 Å². The SMILES string of the molecule is CCCC1(C)CCNCC1c1ccccc1Cl. The van der Waals surface area contributed by atoms with Gasteiger partial charge < -0.3 is 5.32 Å². The van der Waals surface area contributed by atoms with Crippen molar-refractivity contribution in [1.29, 1.82) is 0 Å². The average molecular weight is 252 g/mol. The molecule has 1 fully saturated rings. The van der Waals surface area contributed by atoms with Gasteiger partial charge in [-0.25, -0.2) is 0 Å². The van der Waals surface area contributed by atoms with E-state index in [-0.39, 0.29) is 0 Å². The van der Waals surface area contributed by atoms with Gasteiger partial charge in [-0.15, -0.1) is 0 Å². The highest BCUT2D eigenvalue weighted by Crippen LogP contribution is 2.45. The molecule has 0 saturated carbocycles. The van der Waals surface area contributed by atoms with Crippen LogP contribution < -0.4 is 5.32 Å². The lowest BCUT2D eigenvalue weighted by Gasteiger charge is -2.42. The van der Waals surface area contributed by atoms with Crippen LogP contribution in [0, 0.1) is 5.41 Å². The second-order valence-electron chi connectivity index (χ2n) is 5.43. The van der Waals surface area contributed by atoms with Gasteiger partial charge in [-0.3, -0.25) is 0 Å². The van der Waals surface area contributed by atoms with Gasteiger partial charge in [0.15, 0.2) is 0 Å². The van der Waals surface area contributed by atoms with E-state index in [0.717, 1.165) is 18.1 Å². The Morgan fingerprint density at radius 3 is 2.88 bits per heavy atom. The molecule has 2 heteroatoms. The molecule has 1 aromatic rings. The molecule has 2 atom stereocenters. The number of benzene rings is 1. The molecule has 0 bridgehead atoms. The number of piperidine rings is 1. The topological polar surface area (TPSA) is 12.0 Å². The first-order valence-electron chi connectivity index (χ1n) is 6.62. The summed E-state index contributed by atoms with van der Waals surface area (Å²) in [6.45, 7) is 6.89. The minimum absolute atomic E-state index is 0.394. The molecular formula is C15H22ClN. The Bertz CT molecular complexity index is 373. The summed E-state index contributed by atoms with van der Waals surface area (Å²) in [7, 11) is 0. The van der Waals surface area contributed by atoms with Crippen molar-refractivity contribution in [1.82, 2.24) is 5.32 Å². The molecule has 94 valence electrons. The largest absolute Gasteiger partial charge is 0.316 e. The second kappa shape index (κ2) is 5.41. The predicted molar refractivity (Wildman–Crippen MR) is 74.7 cm³/mol. The monoisotopic (exact) mass is 251 g/mol. The molecular weight excluding hydrogens is 230 g/mol. The molecule has 1 aliphatic rings. The van der Waals surface area contributed by atoms with Gasteiger partial charge in [0.1, 0.15) is 0 Å². The Kier molecular flexibility index (Phi) is 4.11. The van der Waals surface area contributed by atoms with Crippen LogP contribution in [0.15, 0.2) is 24.3 Å². The summed E-state index contributed by atoms with van der Waals surface area (Å²) in [5, 5.41) is 4.44. The highest BCUT2D eigenvalue weighted by atomic mass is 35.5. The van der Waals surface area contributed by atoms with Crippen LogP contribution in [0.1, 0.15) is 44.6 Å². The summed E-state index contributed by atoms with van der Waals surface area (Å²) >= 11 is 6.36. The minimum Gasteiger partial charge on any atom is -0.316 e. The minimum atomic E-state index is 0.394. The molecule has 0 aliphatic carbocycles. The third-order valence-electron chi connectivity index (χ3n) is 4.16. The van der Waals surface area contributed by atoms with Crippen molar-refractivity contribution in [3.63, 3.8) is 0 Å². The first-order valence-corrected chi connectivity index (χ1v) is 7.00. The van der Waals surface area contributed by atoms with Crippen molar-refractivity contribution < 1.29 is 0 Å². The number of halogens is 1. The first kappa shape index (κ1) is 12.9. The summed E-state index contributed by atoms with van der Waals surface area (Å²) < 4.78 is 0. The van der Waals surface area contributed by atoms with Gasteiger partial charge in [-0.05, 0) is 36.4 Å². The van der Waals surface area contributed by atoms with Crippen LogP contribution in [0.2, 0.25) is 5.02 Å². The summed E-state index contributed by atoms with van der Waals surface area (Å²) in [6.07, 6.45) is 3.78. The molecule has 0 amide bonds. The van der Waals surface area contributed by atoms with Crippen molar-refractivity contribution in [2.45, 2.75) is 39.0 Å². The summed E-state index contributed by atoms with van der Waals surface area (Å²) in [4.78, 5) is 0. The fourth-order valence-corrected chi connectivity index (χ4v) is 3.42. The van der Waals surface area contributed by atoms with Gasteiger partial charge in [-0.2, -0.15) is 0 Å². The predicted octanol–water partition coefficient (Wildman–Crippen LogP) is 4.22. The van der Waals surface area contributed by atoms with E-state index in [9.17, 15) is 0 Å². The van der Waals surface area contributed by atoms with E-state index in [1.807, 2.05) is 12.1 Å². The second-order valence-corrected chi connectivity index (χ2v) is 5.84. The zero-order valence-electron chi connectivity index (χ0n) is 10.8. The summed E-state index contributed by atoms with van der Waals surface area (Å²) in [5.74, 6) is 0.546. The average Bonchev–Trinajstić information content (AvgIpc) is 2.31. The molecule has 0 radical (unpaired) electrons. The van der Waals surface area contributed by atoms with E-state index in [2.05, 4.69) is 31.3 Å². The van der Waals surface area contributed by atoms with Crippen LogP contribution in [-0.4, -0.2) is 13.1 Å². The van der Waals surface area contributed by atoms with E-state index >= 15 is 0 Å². The molecule has 1 nitrogen and oxygen atoms in total. The molecule has 1 aliphatic heterocycles. The molecule has 2 unspecified atom stereocenters. The van der Waals surface area contributed by atoms with Gasteiger partial charge >= 0.3 is 0 Å². The zero-order chi connectivity index (χ0) is 12.3. The Balaban J connectivity index is 2.31. The lowest BCUT2D eigenvalue weighted by molar-refractivity contribution is 0.171. The quantitative estimate of drug-likeness (QED) is 0.848. The standard InChI is InChI=1S/C15H22ClN/c1-3-8-15(2)9-10-17-11-13(15)12-6-4-5-7-14(12)16/h4-7,13,17H,3,8-11H2,1-2H3. The maximum Gasteiger partial charge on any atom is 0.0441 e. The van der Waals surface area contributed by atoms with E-state index in [4.69, 9.17) is 11.6 Å². The fourth-order valence-electron chi connectivity index (χ4n) is 3.15. The van der Waals surface area contributed by atoms with Crippen LogP contribution in [0.25, 0.3) is 0 Å². The highest BCUT2D eigenvalue weighted by Gasteiger charge is 2.37. The maximum absolute atomic E-state index is 6.36. The third-order valence-corrected chi connectivity index (χ3v) is 4.51. The van der Waals surface area contributed by atoms with E-state index in [1.165, 1.54) is 24.8 Å². The molecule has 1 N–H and O–H groups in total. The normalized spacial score (nSPS) is 29.2. The van der Waals surface area contributed by atoms with Gasteiger partial charge in [0.05, 0.1) is 0 Å². The van der Waals surface area contributed by atoms with E-state index in [1.54, 1.807) is 0 Å². The van der Waals surface area contributed by atoms with Crippen LogP contribution in [-0.2, 0) is 0 Å². The third kappa shape index (κ3) is 2.66. The first-order chi connectivity index (χ1) is 8.17. The maximum atomic E-state index is 6.36. The Morgan fingerprint density at radius 1 is 1.41 bits per heavy atom. The number of hydrogen-bond acceptors (Lipinski definition) is 1. The van der Waals surface area contributed by atoms with Crippen molar-refractivity contribution in [3.05, 3.63) is 34.9 Å². The van der Waals surface area contributed by atoms with Gasteiger partial charge in [0.2, 0.25) is 0 Å². The Hall–Kier alpha value is -0.530. The zero-order valence-corrected chi connectivity index (χ0v) is 11.6. The fraction of sp³-hybridized carbons (Fsp3) is 0.600. The van der Waals surface area contributed by atoms with Gasteiger partial charge in [0.25, 0.3) is 0 Å². The number of hydrogen-bond donors (Lipinski definition) is 1. The molecule has 17 heavy (non-hydrogen) atoms. The van der Waals surface area contributed by atoms with E-state index < -0.39 is 0 Å². The number of nitrogens with one attached hydrogen (secondary N) is 1. The van der Waals surface area contributed by atoms with Crippen molar-refractivity contribution in [2.24, 2.45) is 5.41 Å². The molecule has 1 heterocycles. The van der Waals surface area contributed by atoms with Crippen molar-refractivity contribution in [2.75, 3.05) is 13.1 Å². The summed E-state index contributed by atoms with van der Waals surface area (Å²) in [6, 6.07) is 8.31. The molecule has 1 aromatic carbocycles. The number of rotatable bonds is 3. The van der Waals surface area contributed by atoms with Crippen LogP contribution >= 0.6 is 11.6 Å². The van der Waals surface area contributed by atoms with Gasteiger partial charge in [-0.1, -0.05) is 50.1 Å².